The molecule has 1 unspecified atom stereocenters. The minimum Gasteiger partial charge on any atom is -0.295 e. The summed E-state index contributed by atoms with van der Waals surface area (Å²) in [5, 5.41) is 2.14. The van der Waals surface area contributed by atoms with E-state index in [2.05, 4.69) is 32.7 Å². The van der Waals surface area contributed by atoms with Crippen LogP contribution < -0.4 is 5.32 Å². The van der Waals surface area contributed by atoms with Gasteiger partial charge in [-0.1, -0.05) is 39.5 Å². The predicted octanol–water partition coefficient (Wildman–Crippen LogP) is 1.88. The maximum Gasteiger partial charge on any atom is 0.262 e. The molecule has 1 atom stereocenters. The molecule has 0 bridgehead atoms. The molecule has 0 aromatic rings. The second kappa shape index (κ2) is 8.38. The van der Waals surface area contributed by atoms with E-state index in [0.717, 1.165) is 10.8 Å². The Bertz CT molecular complexity index is 626. The largest absolute Gasteiger partial charge is 0.295 e. The van der Waals surface area contributed by atoms with Crippen molar-refractivity contribution in [2.45, 2.75) is 46.6 Å². The number of hydrogen-bond acceptors (Lipinski definition) is 4. The van der Waals surface area contributed by atoms with Crippen LogP contribution in [0.1, 0.15) is 40.5 Å². The molecule has 0 aromatic heterocycles. The Morgan fingerprint density at radius 1 is 1.12 bits per heavy atom. The van der Waals surface area contributed by atoms with Crippen molar-refractivity contribution in [2.75, 3.05) is 0 Å². The minimum absolute atomic E-state index is 0.110. The summed E-state index contributed by atoms with van der Waals surface area (Å²) in [6.45, 7) is 11.6. The fraction of sp³-hybridized carbons (Fsp3) is 0.444. The first kappa shape index (κ1) is 19.5. The van der Waals surface area contributed by atoms with Crippen LogP contribution in [0.2, 0.25) is 0 Å². The monoisotopic (exact) mass is 332 g/mol. The molecule has 2 rings (SSSR count). The number of carbonyl (C=O) groups excluding carboxylic acids is 4. The standard InChI is InChI=1S/C14H14N2O4.C4H10/c1-3-5-9-8(4-2)13(19)16(14(9)20)10-6-7-11(17)15-12(10)18;1-4(2)3/h3-5,10H,1,6-7H2,2H3,(H,15,17,18);4H,1-3H3/b8-4+,9-5+;. The van der Waals surface area contributed by atoms with Crippen LogP contribution >= 0.6 is 0 Å². The smallest absolute Gasteiger partial charge is 0.262 e. The molecule has 0 aliphatic carbocycles. The van der Waals surface area contributed by atoms with Crippen LogP contribution in [0.5, 0.6) is 0 Å². The first-order chi connectivity index (χ1) is 11.2. The molecular formula is C18H24N2O4. The van der Waals surface area contributed by atoms with E-state index in [4.69, 9.17) is 0 Å². The number of allylic oxidation sites excluding steroid dienone is 3. The van der Waals surface area contributed by atoms with E-state index in [9.17, 15) is 19.2 Å². The van der Waals surface area contributed by atoms with Crippen LogP contribution in [-0.4, -0.2) is 34.6 Å². The van der Waals surface area contributed by atoms with Crippen molar-refractivity contribution in [3.8, 4) is 0 Å². The van der Waals surface area contributed by atoms with Gasteiger partial charge in [-0.2, -0.15) is 0 Å². The summed E-state index contributed by atoms with van der Waals surface area (Å²) in [6, 6.07) is -0.932. The van der Waals surface area contributed by atoms with Gasteiger partial charge >= 0.3 is 0 Å². The number of nitrogens with zero attached hydrogens (tertiary/aromatic N) is 1. The van der Waals surface area contributed by atoms with E-state index in [-0.39, 0.29) is 24.0 Å². The lowest BCUT2D eigenvalue weighted by atomic mass is 10.0. The highest BCUT2D eigenvalue weighted by molar-refractivity contribution is 6.26. The third kappa shape index (κ3) is 4.28. The van der Waals surface area contributed by atoms with Crippen LogP contribution in [0.15, 0.2) is 36.0 Å². The van der Waals surface area contributed by atoms with Crippen molar-refractivity contribution in [3.05, 3.63) is 36.0 Å². The maximum atomic E-state index is 12.3. The maximum absolute atomic E-state index is 12.3. The lowest BCUT2D eigenvalue weighted by Crippen LogP contribution is -2.54. The molecule has 2 fully saturated rings. The van der Waals surface area contributed by atoms with Gasteiger partial charge in [-0.05, 0) is 25.3 Å². The van der Waals surface area contributed by atoms with Gasteiger partial charge in [-0.3, -0.25) is 29.4 Å². The summed E-state index contributed by atoms with van der Waals surface area (Å²) in [7, 11) is 0. The van der Waals surface area contributed by atoms with Gasteiger partial charge in [0.1, 0.15) is 6.04 Å². The van der Waals surface area contributed by atoms with Gasteiger partial charge in [0, 0.05) is 12.0 Å². The van der Waals surface area contributed by atoms with E-state index in [0.29, 0.717) is 0 Å². The van der Waals surface area contributed by atoms with E-state index < -0.39 is 29.7 Å². The summed E-state index contributed by atoms with van der Waals surface area (Å²) in [4.78, 5) is 48.4. The number of piperidine rings is 1. The first-order valence-electron chi connectivity index (χ1n) is 7.95. The van der Waals surface area contributed by atoms with Crippen molar-refractivity contribution in [2.24, 2.45) is 5.92 Å². The molecule has 2 aliphatic rings. The van der Waals surface area contributed by atoms with Crippen molar-refractivity contribution in [3.63, 3.8) is 0 Å². The molecule has 1 N–H and O–H groups in total. The van der Waals surface area contributed by atoms with Crippen LogP contribution in [-0.2, 0) is 19.2 Å². The van der Waals surface area contributed by atoms with Crippen LogP contribution in [0.25, 0.3) is 0 Å². The highest BCUT2D eigenvalue weighted by Gasteiger charge is 2.45. The molecule has 0 spiro atoms. The number of carbonyl (C=O) groups is 4. The van der Waals surface area contributed by atoms with E-state index in [1.54, 1.807) is 6.92 Å². The summed E-state index contributed by atoms with van der Waals surface area (Å²) >= 11 is 0. The molecule has 4 amide bonds. The second-order valence-electron chi connectivity index (χ2n) is 6.20. The van der Waals surface area contributed by atoms with Crippen molar-refractivity contribution in [1.29, 1.82) is 0 Å². The Balaban J connectivity index is 0.000000648. The fourth-order valence-corrected chi connectivity index (χ4v) is 2.35. The molecule has 0 radical (unpaired) electrons. The molecule has 0 aromatic carbocycles. The summed E-state index contributed by atoms with van der Waals surface area (Å²) in [6.07, 6.45) is 4.65. The lowest BCUT2D eigenvalue weighted by Gasteiger charge is -2.27. The van der Waals surface area contributed by atoms with Crippen LogP contribution in [0, 0.1) is 5.92 Å². The zero-order chi connectivity index (χ0) is 18.4. The zero-order valence-corrected chi connectivity index (χ0v) is 14.6. The number of likely N-dealkylation sites (tertiary alicyclic amines) is 1. The summed E-state index contributed by atoms with van der Waals surface area (Å²) in [5.41, 5.74) is 0.469. The molecule has 130 valence electrons. The SMILES string of the molecule is C=C/C=C1/C(=O)N(C2CCC(=O)NC2=O)C(=O)/C1=C/C.CC(C)C. The zero-order valence-electron chi connectivity index (χ0n) is 14.6. The topological polar surface area (TPSA) is 83.6 Å². The van der Waals surface area contributed by atoms with Crippen molar-refractivity contribution in [1.82, 2.24) is 10.2 Å². The number of imide groups is 2. The third-order valence-electron chi connectivity index (χ3n) is 3.28. The summed E-state index contributed by atoms with van der Waals surface area (Å²) in [5.74, 6) is -1.21. The van der Waals surface area contributed by atoms with Gasteiger partial charge in [0.15, 0.2) is 0 Å². The third-order valence-corrected chi connectivity index (χ3v) is 3.28. The minimum atomic E-state index is -0.932. The average Bonchev–Trinajstić information content (AvgIpc) is 2.71. The van der Waals surface area contributed by atoms with Crippen molar-refractivity contribution < 1.29 is 19.2 Å². The molecular weight excluding hydrogens is 308 g/mol. The Labute approximate surface area is 142 Å². The van der Waals surface area contributed by atoms with Gasteiger partial charge in [-0.25, -0.2) is 0 Å². The Morgan fingerprint density at radius 2 is 1.67 bits per heavy atom. The van der Waals surface area contributed by atoms with E-state index in [1.807, 2.05) is 0 Å². The van der Waals surface area contributed by atoms with Crippen molar-refractivity contribution >= 4 is 23.6 Å². The molecule has 2 heterocycles. The van der Waals surface area contributed by atoms with Gasteiger partial charge in [-0.15, -0.1) is 0 Å². The number of hydrogen-bond donors (Lipinski definition) is 1. The molecule has 2 saturated heterocycles. The Hall–Kier alpha value is -2.50. The second-order valence-corrected chi connectivity index (χ2v) is 6.20. The lowest BCUT2D eigenvalue weighted by molar-refractivity contribution is -0.149. The Kier molecular flexibility index (Phi) is 6.82. The average molecular weight is 332 g/mol. The molecule has 0 saturated carbocycles. The normalized spacial score (nSPS) is 24.4. The van der Waals surface area contributed by atoms with Crippen LogP contribution in [0.4, 0.5) is 0 Å². The first-order valence-corrected chi connectivity index (χ1v) is 7.95. The molecule has 2 aliphatic heterocycles. The fourth-order valence-electron chi connectivity index (χ4n) is 2.35. The van der Waals surface area contributed by atoms with Crippen LogP contribution in [0.3, 0.4) is 0 Å². The van der Waals surface area contributed by atoms with Gasteiger partial charge in [0.05, 0.1) is 5.57 Å². The number of rotatable bonds is 2. The Morgan fingerprint density at radius 3 is 2.12 bits per heavy atom. The van der Waals surface area contributed by atoms with E-state index >= 15 is 0 Å². The van der Waals surface area contributed by atoms with Gasteiger partial charge in [0.2, 0.25) is 11.8 Å². The summed E-state index contributed by atoms with van der Waals surface area (Å²) < 4.78 is 0. The van der Waals surface area contributed by atoms with Gasteiger partial charge < -0.3 is 0 Å². The quantitative estimate of drug-likeness (QED) is 0.618. The highest BCUT2D eigenvalue weighted by atomic mass is 16.2. The number of amides is 4. The molecule has 6 heteroatoms. The van der Waals surface area contributed by atoms with E-state index in [1.165, 1.54) is 18.2 Å². The number of nitrogens with one attached hydrogen (secondary N) is 1. The predicted molar refractivity (Wildman–Crippen MR) is 90.6 cm³/mol. The van der Waals surface area contributed by atoms with Gasteiger partial charge in [0.25, 0.3) is 11.8 Å². The molecule has 24 heavy (non-hydrogen) atoms. The highest BCUT2D eigenvalue weighted by Crippen LogP contribution is 2.29. The molecule has 6 nitrogen and oxygen atoms in total.